The molecule has 2 bridgehead atoms. The first-order chi connectivity index (χ1) is 9.28. The number of fused-ring (bicyclic) bond motifs is 3. The van der Waals surface area contributed by atoms with Crippen molar-refractivity contribution in [2.45, 2.75) is 25.3 Å². The molecule has 2 atom stereocenters. The van der Waals surface area contributed by atoms with Gasteiger partial charge in [0.05, 0.1) is 0 Å². The van der Waals surface area contributed by atoms with Crippen molar-refractivity contribution in [3.8, 4) is 11.5 Å². The van der Waals surface area contributed by atoms with Gasteiger partial charge in [0.1, 0.15) is 0 Å². The van der Waals surface area contributed by atoms with Crippen molar-refractivity contribution in [3.05, 3.63) is 18.2 Å². The zero-order valence-electron chi connectivity index (χ0n) is 11.0. The molecule has 4 rings (SSSR count). The molecule has 0 amide bonds. The quantitative estimate of drug-likeness (QED) is 0.838. The smallest absolute Gasteiger partial charge is 0.231 e. The molecule has 1 aromatic rings. The average molecular weight is 260 g/mol. The number of piperidine rings is 1. The molecule has 102 valence electrons. The van der Waals surface area contributed by atoms with Gasteiger partial charge in [-0.15, -0.1) is 0 Å². The molecule has 3 aliphatic rings. The van der Waals surface area contributed by atoms with Crippen molar-refractivity contribution in [2.75, 3.05) is 24.8 Å². The van der Waals surface area contributed by atoms with Gasteiger partial charge in [0.15, 0.2) is 11.5 Å². The van der Waals surface area contributed by atoms with Crippen LogP contribution in [0.5, 0.6) is 11.5 Å². The van der Waals surface area contributed by atoms with E-state index in [0.717, 1.165) is 36.4 Å². The van der Waals surface area contributed by atoms with Crippen LogP contribution < -0.4 is 20.1 Å². The summed E-state index contributed by atoms with van der Waals surface area (Å²) < 4.78 is 10.8. The van der Waals surface area contributed by atoms with Crippen LogP contribution in [0.1, 0.15) is 19.3 Å². The maximum atomic E-state index is 6.13. The molecular weight excluding hydrogens is 240 g/mol. The highest BCUT2D eigenvalue weighted by molar-refractivity contribution is 5.57. The summed E-state index contributed by atoms with van der Waals surface area (Å²) in [6.07, 6.45) is 3.71. The predicted molar refractivity (Wildman–Crippen MR) is 73.6 cm³/mol. The Kier molecular flexibility index (Phi) is 2.58. The van der Waals surface area contributed by atoms with E-state index in [0.29, 0.717) is 12.8 Å². The van der Waals surface area contributed by atoms with Crippen LogP contribution in [-0.4, -0.2) is 25.9 Å². The highest BCUT2D eigenvalue weighted by atomic mass is 16.7. The summed E-state index contributed by atoms with van der Waals surface area (Å²) in [6.45, 7) is 2.60. The standard InChI is InChI=1S/C15H20N2O2/c16-12-4-10-3-11(5-12)8-17(7-10)13-1-2-14-15(6-13)19-9-18-14/h1-2,6,10-12H,3-5,7-9,16H2. The first kappa shape index (κ1) is 11.4. The van der Waals surface area contributed by atoms with E-state index < -0.39 is 0 Å². The zero-order valence-corrected chi connectivity index (χ0v) is 11.0. The van der Waals surface area contributed by atoms with Crippen LogP contribution in [0, 0.1) is 11.8 Å². The lowest BCUT2D eigenvalue weighted by Crippen LogP contribution is -2.47. The van der Waals surface area contributed by atoms with Crippen molar-refractivity contribution in [3.63, 3.8) is 0 Å². The van der Waals surface area contributed by atoms with Gasteiger partial charge in [0.2, 0.25) is 6.79 Å². The lowest BCUT2D eigenvalue weighted by molar-refractivity contribution is 0.174. The fourth-order valence-corrected chi connectivity index (χ4v) is 3.91. The van der Waals surface area contributed by atoms with Crippen LogP contribution in [0.4, 0.5) is 5.69 Å². The molecule has 2 fully saturated rings. The molecule has 1 saturated carbocycles. The molecule has 2 N–H and O–H groups in total. The predicted octanol–water partition coefficient (Wildman–Crippen LogP) is 1.98. The normalized spacial score (nSPS) is 32.5. The number of rotatable bonds is 1. The first-order valence-corrected chi connectivity index (χ1v) is 7.18. The molecular formula is C15H20N2O2. The number of hydrogen-bond donors (Lipinski definition) is 1. The lowest BCUT2D eigenvalue weighted by atomic mass is 9.75. The topological polar surface area (TPSA) is 47.7 Å². The van der Waals surface area contributed by atoms with Gasteiger partial charge in [-0.25, -0.2) is 0 Å². The van der Waals surface area contributed by atoms with Crippen molar-refractivity contribution in [1.82, 2.24) is 0 Å². The average Bonchev–Trinajstić information content (AvgIpc) is 2.84. The number of benzene rings is 1. The molecule has 0 radical (unpaired) electrons. The second-order valence-corrected chi connectivity index (χ2v) is 6.14. The minimum atomic E-state index is 0.346. The fourth-order valence-electron chi connectivity index (χ4n) is 3.91. The third-order valence-electron chi connectivity index (χ3n) is 4.62. The summed E-state index contributed by atoms with van der Waals surface area (Å²) in [5.74, 6) is 3.26. The SMILES string of the molecule is NC1CC2CC(C1)CN(c1ccc3c(c1)OCO3)C2. The molecule has 0 aromatic heterocycles. The van der Waals surface area contributed by atoms with Gasteiger partial charge in [0.25, 0.3) is 0 Å². The van der Waals surface area contributed by atoms with E-state index in [2.05, 4.69) is 17.0 Å². The second-order valence-electron chi connectivity index (χ2n) is 6.14. The zero-order chi connectivity index (χ0) is 12.8. The van der Waals surface area contributed by atoms with E-state index in [1.54, 1.807) is 0 Å². The highest BCUT2D eigenvalue weighted by Crippen LogP contribution is 2.39. The number of ether oxygens (including phenoxy) is 2. The molecule has 0 spiro atoms. The number of hydrogen-bond acceptors (Lipinski definition) is 4. The molecule has 1 aromatic carbocycles. The van der Waals surface area contributed by atoms with Crippen LogP contribution in [-0.2, 0) is 0 Å². The summed E-state index contributed by atoms with van der Waals surface area (Å²) >= 11 is 0. The summed E-state index contributed by atoms with van der Waals surface area (Å²) in [5.41, 5.74) is 7.39. The van der Waals surface area contributed by atoms with Gasteiger partial charge < -0.3 is 20.1 Å². The molecule has 2 aliphatic heterocycles. The molecule has 4 nitrogen and oxygen atoms in total. The first-order valence-electron chi connectivity index (χ1n) is 7.18. The number of nitrogens with zero attached hydrogens (tertiary/aromatic N) is 1. The second kappa shape index (κ2) is 4.30. The lowest BCUT2D eigenvalue weighted by Gasteiger charge is -2.44. The van der Waals surface area contributed by atoms with Crippen LogP contribution in [0.3, 0.4) is 0 Å². The highest BCUT2D eigenvalue weighted by Gasteiger charge is 2.34. The number of nitrogens with two attached hydrogens (primary N) is 1. The van der Waals surface area contributed by atoms with Crippen LogP contribution >= 0.6 is 0 Å². The van der Waals surface area contributed by atoms with Gasteiger partial charge >= 0.3 is 0 Å². The Morgan fingerprint density at radius 2 is 1.74 bits per heavy atom. The van der Waals surface area contributed by atoms with Crippen LogP contribution in [0.15, 0.2) is 18.2 Å². The Hall–Kier alpha value is -1.42. The van der Waals surface area contributed by atoms with E-state index >= 15 is 0 Å². The largest absolute Gasteiger partial charge is 0.454 e. The van der Waals surface area contributed by atoms with E-state index in [-0.39, 0.29) is 0 Å². The minimum Gasteiger partial charge on any atom is -0.454 e. The summed E-state index contributed by atoms with van der Waals surface area (Å²) in [5, 5.41) is 0. The van der Waals surface area contributed by atoms with Gasteiger partial charge in [-0.05, 0) is 43.2 Å². The number of anilines is 1. The molecule has 1 aliphatic carbocycles. The molecule has 19 heavy (non-hydrogen) atoms. The summed E-state index contributed by atoms with van der Waals surface area (Å²) in [7, 11) is 0. The Labute approximate surface area is 113 Å². The summed E-state index contributed by atoms with van der Waals surface area (Å²) in [4.78, 5) is 2.49. The fraction of sp³-hybridized carbons (Fsp3) is 0.600. The third-order valence-corrected chi connectivity index (χ3v) is 4.62. The Balaban J connectivity index is 1.56. The van der Waals surface area contributed by atoms with Crippen molar-refractivity contribution < 1.29 is 9.47 Å². The molecule has 2 heterocycles. The summed E-state index contributed by atoms with van der Waals surface area (Å²) in [6, 6.07) is 6.70. The minimum absolute atomic E-state index is 0.346. The monoisotopic (exact) mass is 260 g/mol. The Morgan fingerprint density at radius 3 is 2.53 bits per heavy atom. The van der Waals surface area contributed by atoms with E-state index in [1.807, 2.05) is 6.07 Å². The van der Waals surface area contributed by atoms with E-state index in [1.165, 1.54) is 24.9 Å². The van der Waals surface area contributed by atoms with E-state index in [4.69, 9.17) is 15.2 Å². The Morgan fingerprint density at radius 1 is 1.00 bits per heavy atom. The molecule has 1 saturated heterocycles. The Bertz CT molecular complexity index is 473. The molecule has 2 unspecified atom stereocenters. The maximum Gasteiger partial charge on any atom is 0.231 e. The van der Waals surface area contributed by atoms with Crippen LogP contribution in [0.25, 0.3) is 0 Å². The van der Waals surface area contributed by atoms with Gasteiger partial charge in [-0.2, -0.15) is 0 Å². The molecule has 4 heteroatoms. The van der Waals surface area contributed by atoms with Crippen LogP contribution in [0.2, 0.25) is 0 Å². The van der Waals surface area contributed by atoms with E-state index in [9.17, 15) is 0 Å². The van der Waals surface area contributed by atoms with Crippen molar-refractivity contribution in [1.29, 1.82) is 0 Å². The maximum absolute atomic E-state index is 6.13. The van der Waals surface area contributed by atoms with Crippen molar-refractivity contribution in [2.24, 2.45) is 17.6 Å². The van der Waals surface area contributed by atoms with Gasteiger partial charge in [-0.3, -0.25) is 0 Å². The third kappa shape index (κ3) is 2.04. The van der Waals surface area contributed by atoms with Gasteiger partial charge in [0, 0.05) is 30.9 Å². The van der Waals surface area contributed by atoms with Gasteiger partial charge in [-0.1, -0.05) is 0 Å². The van der Waals surface area contributed by atoms with Crippen molar-refractivity contribution >= 4 is 5.69 Å².